The van der Waals surface area contributed by atoms with Gasteiger partial charge in [-0.3, -0.25) is 4.98 Å². The normalized spacial score (nSPS) is 10.4. The molecular formula is C18H27N5O3. The Morgan fingerprint density at radius 2 is 1.96 bits per heavy atom. The van der Waals surface area contributed by atoms with Crippen LogP contribution in [0.5, 0.6) is 17.2 Å². The summed E-state index contributed by atoms with van der Waals surface area (Å²) < 4.78 is 16.5. The molecular weight excluding hydrogens is 334 g/mol. The molecule has 0 radical (unpaired) electrons. The van der Waals surface area contributed by atoms with Crippen molar-refractivity contribution in [2.24, 2.45) is 0 Å². The number of hydrogen-bond acceptors (Lipinski definition) is 8. The molecule has 26 heavy (non-hydrogen) atoms. The second-order valence-electron chi connectivity index (χ2n) is 5.67. The molecule has 0 fully saturated rings. The lowest BCUT2D eigenvalue weighted by Crippen LogP contribution is -2.09. The minimum atomic E-state index is 0.224. The Balaban J connectivity index is 1.92. The minimum Gasteiger partial charge on any atom is -0.493 e. The van der Waals surface area contributed by atoms with Gasteiger partial charge in [-0.25, -0.2) is 4.98 Å². The smallest absolute Gasteiger partial charge is 0.222 e. The number of unbranched alkanes of at least 4 members (excludes halogenated alkanes) is 1. The van der Waals surface area contributed by atoms with E-state index >= 15 is 0 Å². The molecule has 2 aromatic heterocycles. The summed E-state index contributed by atoms with van der Waals surface area (Å²) in [5.41, 5.74) is 6.51. The molecule has 8 nitrogen and oxygen atoms in total. The highest BCUT2D eigenvalue weighted by molar-refractivity contribution is 5.51. The molecule has 8 heteroatoms. The first kappa shape index (κ1) is 19.6. The predicted octanol–water partition coefficient (Wildman–Crippen LogP) is 2.69. The number of hydrogen-bond donors (Lipinski definition) is 2. The third-order valence-electron chi connectivity index (χ3n) is 3.78. The zero-order chi connectivity index (χ0) is 18.8. The Hall–Kier alpha value is -2.77. The van der Waals surface area contributed by atoms with E-state index in [1.165, 1.54) is 0 Å². The number of aryl methyl sites for hydroxylation is 1. The molecule has 0 saturated carbocycles. The molecule has 0 saturated heterocycles. The van der Waals surface area contributed by atoms with E-state index in [4.69, 9.17) is 19.9 Å². The number of rotatable bonds is 11. The summed E-state index contributed by atoms with van der Waals surface area (Å²) >= 11 is 0. The van der Waals surface area contributed by atoms with Crippen molar-refractivity contribution in [1.29, 1.82) is 0 Å². The van der Waals surface area contributed by atoms with Gasteiger partial charge >= 0.3 is 0 Å². The van der Waals surface area contributed by atoms with Gasteiger partial charge in [0, 0.05) is 18.8 Å². The van der Waals surface area contributed by atoms with Crippen LogP contribution in [-0.4, -0.2) is 42.3 Å². The summed E-state index contributed by atoms with van der Waals surface area (Å²) in [6.07, 6.45) is 6.91. The van der Waals surface area contributed by atoms with E-state index in [0.717, 1.165) is 31.5 Å². The lowest BCUT2D eigenvalue weighted by Gasteiger charge is -2.13. The highest BCUT2D eigenvalue weighted by Gasteiger charge is 2.11. The molecule has 142 valence electrons. The van der Waals surface area contributed by atoms with Crippen LogP contribution in [0.1, 0.15) is 31.9 Å². The van der Waals surface area contributed by atoms with Crippen molar-refractivity contribution in [2.45, 2.75) is 32.6 Å². The van der Waals surface area contributed by atoms with Gasteiger partial charge in [-0.15, -0.1) is 0 Å². The van der Waals surface area contributed by atoms with Gasteiger partial charge < -0.3 is 25.3 Å². The van der Waals surface area contributed by atoms with Crippen molar-refractivity contribution < 1.29 is 14.2 Å². The van der Waals surface area contributed by atoms with Gasteiger partial charge in [0.05, 0.1) is 32.7 Å². The summed E-state index contributed by atoms with van der Waals surface area (Å²) in [4.78, 5) is 12.6. The van der Waals surface area contributed by atoms with Crippen LogP contribution >= 0.6 is 0 Å². The fourth-order valence-electron chi connectivity index (χ4n) is 2.45. The molecule has 2 aromatic rings. The van der Waals surface area contributed by atoms with Crippen LogP contribution in [0.4, 0.5) is 11.8 Å². The van der Waals surface area contributed by atoms with E-state index in [0.29, 0.717) is 36.1 Å². The van der Waals surface area contributed by atoms with E-state index < -0.39 is 0 Å². The average molecular weight is 361 g/mol. The lowest BCUT2D eigenvalue weighted by atomic mass is 10.2. The molecule has 0 aliphatic rings. The van der Waals surface area contributed by atoms with Gasteiger partial charge in [0.25, 0.3) is 0 Å². The van der Waals surface area contributed by atoms with Gasteiger partial charge in [-0.1, -0.05) is 13.3 Å². The van der Waals surface area contributed by atoms with Crippen molar-refractivity contribution >= 4 is 11.8 Å². The summed E-state index contributed by atoms with van der Waals surface area (Å²) in [5.74, 6) is 2.78. The number of aromatic nitrogens is 3. The van der Waals surface area contributed by atoms with Gasteiger partial charge in [-0.05, 0) is 19.3 Å². The second kappa shape index (κ2) is 10.3. The van der Waals surface area contributed by atoms with E-state index in [1.54, 1.807) is 32.7 Å². The number of nitrogens with zero attached hydrogens (tertiary/aromatic N) is 3. The predicted molar refractivity (Wildman–Crippen MR) is 101 cm³/mol. The molecule has 0 aliphatic heterocycles. The summed E-state index contributed by atoms with van der Waals surface area (Å²) in [7, 11) is 3.22. The average Bonchev–Trinajstić information content (AvgIpc) is 2.66. The van der Waals surface area contributed by atoms with Crippen LogP contribution < -0.4 is 25.3 Å². The summed E-state index contributed by atoms with van der Waals surface area (Å²) in [5, 5.41) is 3.24. The largest absolute Gasteiger partial charge is 0.493 e. The first-order valence-electron chi connectivity index (χ1n) is 8.74. The maximum Gasteiger partial charge on any atom is 0.222 e. The number of ether oxygens (including phenoxy) is 3. The molecule has 3 N–H and O–H groups in total. The van der Waals surface area contributed by atoms with E-state index in [-0.39, 0.29) is 5.95 Å². The van der Waals surface area contributed by atoms with Crippen LogP contribution in [0.2, 0.25) is 0 Å². The van der Waals surface area contributed by atoms with Crippen molar-refractivity contribution in [3.63, 3.8) is 0 Å². The maximum absolute atomic E-state index is 5.83. The quantitative estimate of drug-likeness (QED) is 0.589. The van der Waals surface area contributed by atoms with Crippen LogP contribution in [0.15, 0.2) is 18.5 Å². The van der Waals surface area contributed by atoms with Crippen molar-refractivity contribution in [1.82, 2.24) is 15.0 Å². The van der Waals surface area contributed by atoms with E-state index in [1.807, 2.05) is 0 Å². The van der Waals surface area contributed by atoms with Crippen LogP contribution in [-0.2, 0) is 6.42 Å². The molecule has 0 aromatic carbocycles. The molecule has 0 bridgehead atoms. The van der Waals surface area contributed by atoms with Crippen molar-refractivity contribution in [3.8, 4) is 17.2 Å². The molecule has 0 aliphatic carbocycles. The van der Waals surface area contributed by atoms with Gasteiger partial charge in [0.2, 0.25) is 5.95 Å². The standard InChI is InChI=1S/C18H27N5O3/c1-4-5-9-21-17-15(12-22-18(19)23-17)26-11-6-7-13-16(25-3)14(24-2)8-10-20-13/h8,10,12H,4-7,9,11H2,1-3H3,(H3,19,21,22,23). The highest BCUT2D eigenvalue weighted by Crippen LogP contribution is 2.29. The SMILES string of the molecule is CCCCNc1nc(N)ncc1OCCCc1nccc(OC)c1OC. The van der Waals surface area contributed by atoms with Crippen molar-refractivity contribution in [2.75, 3.05) is 38.4 Å². The Labute approximate surface area is 154 Å². The maximum atomic E-state index is 5.83. The molecule has 2 heterocycles. The van der Waals surface area contributed by atoms with E-state index in [9.17, 15) is 0 Å². The Kier molecular flexibility index (Phi) is 7.73. The van der Waals surface area contributed by atoms with Crippen LogP contribution in [0.3, 0.4) is 0 Å². The fourth-order valence-corrected chi connectivity index (χ4v) is 2.45. The monoisotopic (exact) mass is 361 g/mol. The lowest BCUT2D eigenvalue weighted by molar-refractivity contribution is 0.307. The highest BCUT2D eigenvalue weighted by atomic mass is 16.5. The fraction of sp³-hybridized carbons (Fsp3) is 0.500. The van der Waals surface area contributed by atoms with Crippen LogP contribution in [0.25, 0.3) is 0 Å². The first-order valence-corrected chi connectivity index (χ1v) is 8.74. The first-order chi connectivity index (χ1) is 12.7. The molecule has 0 atom stereocenters. The Bertz CT molecular complexity index is 697. The number of pyridine rings is 1. The molecule has 0 unspecified atom stereocenters. The van der Waals surface area contributed by atoms with Gasteiger partial charge in [0.15, 0.2) is 23.1 Å². The zero-order valence-corrected chi connectivity index (χ0v) is 15.6. The molecule has 0 spiro atoms. The topological polar surface area (TPSA) is 104 Å². The summed E-state index contributed by atoms with van der Waals surface area (Å²) in [6, 6.07) is 1.78. The zero-order valence-electron chi connectivity index (χ0n) is 15.6. The number of anilines is 2. The molecule has 2 rings (SSSR count). The van der Waals surface area contributed by atoms with Gasteiger partial charge in [0.1, 0.15) is 0 Å². The number of nitrogens with two attached hydrogens (primary N) is 1. The number of nitrogen functional groups attached to an aromatic ring is 1. The number of methoxy groups -OCH3 is 2. The minimum absolute atomic E-state index is 0.224. The number of nitrogens with one attached hydrogen (secondary N) is 1. The van der Waals surface area contributed by atoms with Crippen LogP contribution in [0, 0.1) is 0 Å². The third-order valence-corrected chi connectivity index (χ3v) is 3.78. The molecule has 0 amide bonds. The second-order valence-corrected chi connectivity index (χ2v) is 5.67. The summed E-state index contributed by atoms with van der Waals surface area (Å²) in [6.45, 7) is 3.44. The Morgan fingerprint density at radius 3 is 2.69 bits per heavy atom. The van der Waals surface area contributed by atoms with E-state index in [2.05, 4.69) is 27.2 Å². The third kappa shape index (κ3) is 5.37. The Morgan fingerprint density at radius 1 is 1.12 bits per heavy atom. The van der Waals surface area contributed by atoms with Crippen molar-refractivity contribution in [3.05, 3.63) is 24.2 Å². The van der Waals surface area contributed by atoms with Gasteiger partial charge in [-0.2, -0.15) is 4.98 Å².